The maximum atomic E-state index is 15.5. The fraction of sp³-hybridized carbons (Fsp3) is 0.491. The van der Waals surface area contributed by atoms with Crippen LogP contribution in [0.25, 0.3) is 10.9 Å². The highest BCUT2D eigenvalue weighted by Gasteiger charge is 2.78. The van der Waals surface area contributed by atoms with Crippen molar-refractivity contribution < 1.29 is 38.4 Å². The van der Waals surface area contributed by atoms with Crippen molar-refractivity contribution in [3.63, 3.8) is 0 Å². The number of esters is 2. The van der Waals surface area contributed by atoms with E-state index >= 15 is 4.79 Å². The Bertz CT molecular complexity index is 2680. The fourth-order valence-corrected chi connectivity index (χ4v) is 14.2. The highest BCUT2D eigenvalue weighted by Crippen LogP contribution is 2.68. The summed E-state index contributed by atoms with van der Waals surface area (Å²) < 4.78 is 24.5. The molecular formula is C53H63N5O8. The summed E-state index contributed by atoms with van der Waals surface area (Å²) in [5, 5.41) is 18.2. The van der Waals surface area contributed by atoms with Crippen molar-refractivity contribution in [2.24, 2.45) is 11.3 Å². The van der Waals surface area contributed by atoms with E-state index in [1.54, 1.807) is 31.4 Å². The van der Waals surface area contributed by atoms with Crippen LogP contribution >= 0.6 is 0 Å². The smallest absolute Gasteiger partial charge is 0.322 e. The molecule has 13 nitrogen and oxygen atoms in total. The van der Waals surface area contributed by atoms with Gasteiger partial charge in [0, 0.05) is 90.9 Å². The minimum atomic E-state index is -1.84. The largest absolute Gasteiger partial charge is 0.496 e. The second-order valence-electron chi connectivity index (χ2n) is 19.6. The van der Waals surface area contributed by atoms with Crippen molar-refractivity contribution in [3.8, 4) is 11.5 Å². The molecule has 1 aliphatic carbocycles. The normalized spacial score (nSPS) is 31.8. The Morgan fingerprint density at radius 1 is 0.955 bits per heavy atom. The van der Waals surface area contributed by atoms with E-state index in [2.05, 4.69) is 81.3 Å². The minimum absolute atomic E-state index is 0.0195. The lowest BCUT2D eigenvalue weighted by Gasteiger charge is -2.64. The molecule has 3 unspecified atom stereocenters. The molecule has 13 heteroatoms. The molecule has 1 saturated heterocycles. The maximum absolute atomic E-state index is 15.5. The predicted molar refractivity (Wildman–Crippen MR) is 252 cm³/mol. The molecule has 2 fully saturated rings. The van der Waals surface area contributed by atoms with Crippen LogP contribution in [0.2, 0.25) is 0 Å². The highest BCUT2D eigenvalue weighted by molar-refractivity contribution is 5.97. The number of amides is 1. The molecule has 1 saturated carbocycles. The second kappa shape index (κ2) is 16.3. The van der Waals surface area contributed by atoms with Gasteiger partial charge in [0.2, 0.25) is 0 Å². The number of benzene rings is 3. The summed E-state index contributed by atoms with van der Waals surface area (Å²) in [6, 6.07) is 18.6. The predicted octanol–water partition coefficient (Wildman–Crippen LogP) is 6.06. The molecule has 0 radical (unpaired) electrons. The maximum Gasteiger partial charge on any atom is 0.322 e. The number of ether oxygens (including phenoxy) is 4. The Kier molecular flexibility index (Phi) is 10.9. The summed E-state index contributed by atoms with van der Waals surface area (Å²) in [5.41, 5.74) is 2.24. The zero-order valence-corrected chi connectivity index (χ0v) is 39.2. The summed E-state index contributed by atoms with van der Waals surface area (Å²) in [6.45, 7) is 9.41. The van der Waals surface area contributed by atoms with Crippen LogP contribution in [-0.2, 0) is 36.3 Å². The minimum Gasteiger partial charge on any atom is -0.496 e. The van der Waals surface area contributed by atoms with Crippen LogP contribution in [0.4, 0.5) is 5.69 Å². The fourth-order valence-electron chi connectivity index (χ4n) is 14.2. The monoisotopic (exact) mass is 897 g/mol. The highest BCUT2D eigenvalue weighted by atomic mass is 16.6. The van der Waals surface area contributed by atoms with Gasteiger partial charge in [-0.1, -0.05) is 68.0 Å². The quantitative estimate of drug-likeness (QED) is 0.126. The Balaban J connectivity index is 1.23. The summed E-state index contributed by atoms with van der Waals surface area (Å²) >= 11 is 0. The first kappa shape index (κ1) is 44.2. The number of fused-ring (bicyclic) bond motifs is 6. The Morgan fingerprint density at radius 3 is 2.47 bits per heavy atom. The number of aromatic amines is 1. The van der Waals surface area contributed by atoms with Gasteiger partial charge in [-0.25, -0.2) is 0 Å². The first-order valence-electron chi connectivity index (χ1n) is 23.6. The number of carbonyl (C=O) groups is 3. The van der Waals surface area contributed by atoms with Gasteiger partial charge in [-0.3, -0.25) is 24.2 Å². The number of nitrogens with zero attached hydrogens (tertiary/aromatic N) is 3. The average Bonchev–Trinajstić information content (AvgIpc) is 4.00. The average molecular weight is 898 g/mol. The van der Waals surface area contributed by atoms with Crippen molar-refractivity contribution in [1.82, 2.24) is 20.1 Å². The third kappa shape index (κ3) is 6.18. The summed E-state index contributed by atoms with van der Waals surface area (Å²) in [4.78, 5) is 54.0. The number of likely N-dealkylation sites (N-methyl/N-ethyl adjacent to an activating group) is 1. The van der Waals surface area contributed by atoms with E-state index in [9.17, 15) is 14.7 Å². The van der Waals surface area contributed by atoms with Crippen molar-refractivity contribution in [2.45, 2.75) is 87.5 Å². The molecule has 1 spiro atoms. The molecule has 3 aromatic carbocycles. The number of rotatable bonds is 10. The Labute approximate surface area is 387 Å². The topological polar surface area (TPSA) is 146 Å². The van der Waals surface area contributed by atoms with Crippen LogP contribution in [0.1, 0.15) is 79.2 Å². The number of hydrogen-bond acceptors (Lipinski definition) is 11. The van der Waals surface area contributed by atoms with E-state index in [-0.39, 0.29) is 24.5 Å². The van der Waals surface area contributed by atoms with E-state index in [0.29, 0.717) is 48.4 Å². The molecule has 3 N–H and O–H groups in total. The molecule has 1 aromatic heterocycles. The number of carbonyl (C=O) groups excluding carboxylic acids is 3. The van der Waals surface area contributed by atoms with Crippen molar-refractivity contribution in [3.05, 3.63) is 112 Å². The lowest BCUT2D eigenvalue weighted by atomic mass is 9.47. The zero-order valence-electron chi connectivity index (χ0n) is 39.2. The molecule has 5 aliphatic heterocycles. The van der Waals surface area contributed by atoms with Gasteiger partial charge in [-0.05, 0) is 80.0 Å². The van der Waals surface area contributed by atoms with Gasteiger partial charge in [0.25, 0.3) is 5.91 Å². The van der Waals surface area contributed by atoms with Crippen LogP contribution in [0.3, 0.4) is 0 Å². The lowest BCUT2D eigenvalue weighted by Crippen LogP contribution is -2.81. The van der Waals surface area contributed by atoms with Crippen molar-refractivity contribution in [1.29, 1.82) is 0 Å². The van der Waals surface area contributed by atoms with E-state index in [1.807, 2.05) is 19.2 Å². The Morgan fingerprint density at radius 2 is 1.73 bits per heavy atom. The van der Waals surface area contributed by atoms with Crippen LogP contribution < -0.4 is 19.7 Å². The molecule has 9 atom stereocenters. The summed E-state index contributed by atoms with van der Waals surface area (Å²) in [7, 11) is 6.64. The third-order valence-corrected chi connectivity index (χ3v) is 16.5. The summed E-state index contributed by atoms with van der Waals surface area (Å²) in [6.07, 6.45) is 8.92. The van der Waals surface area contributed by atoms with Crippen molar-refractivity contribution >= 4 is 34.4 Å². The number of anilines is 1. The van der Waals surface area contributed by atoms with Gasteiger partial charge in [0.1, 0.15) is 28.6 Å². The molecular weight excluding hydrogens is 835 g/mol. The van der Waals surface area contributed by atoms with Gasteiger partial charge in [-0.15, -0.1) is 0 Å². The molecule has 66 heavy (non-hydrogen) atoms. The van der Waals surface area contributed by atoms with Crippen LogP contribution in [-0.4, -0.2) is 129 Å². The molecule has 4 aromatic rings. The SMILES string of the molecule is CCC1=C[C@@H]2CN(CCc3c([nH]c4ccccc34)[C@@](C(=O)OC)(c3cc4c(cc3OC)N(C)[C@H]3C(O)(CNC(=O)c5ccccc5OC)[C@H](OC(C)=O)[C@]5(CC)C=CCN6CC[C@]43C65)C2)C1. The van der Waals surface area contributed by atoms with Crippen molar-refractivity contribution in [2.75, 3.05) is 72.5 Å². The number of aromatic nitrogens is 1. The van der Waals surface area contributed by atoms with Gasteiger partial charge in [0.15, 0.2) is 0 Å². The van der Waals surface area contributed by atoms with E-state index in [1.165, 1.54) is 26.7 Å². The summed E-state index contributed by atoms with van der Waals surface area (Å²) in [5.74, 6) is -0.357. The number of para-hydroxylation sites is 2. The van der Waals surface area contributed by atoms with E-state index in [4.69, 9.17) is 18.9 Å². The van der Waals surface area contributed by atoms with Gasteiger partial charge >= 0.3 is 11.9 Å². The van der Waals surface area contributed by atoms with Crippen LogP contribution in [0, 0.1) is 11.3 Å². The second-order valence-corrected chi connectivity index (χ2v) is 19.6. The standard InChI is InChI=1S/C53H63N5O8/c1-8-33-25-34-28-52(49(61)65-7,44-36(19-23-57(29-33)30-34)35-15-10-12-17-40(35)55-44)39-26-38-41(27-43(39)64-6)56(4)47-51(38)21-24-58-22-14-20-50(9-2,46(51)58)48(66-32(3)59)53(47,62)31-54-45(60)37-16-11-13-18-42(37)63-5/h10-18,20,25-27,34,46-48,55,62H,8-9,19,21-24,28-31H2,1-7H3,(H,54,60)/t34-,46?,47+,48+,50+,51+,52-,53?/m0/s1. The van der Waals surface area contributed by atoms with Crippen LogP contribution in [0.5, 0.6) is 11.5 Å². The number of aliphatic hydroxyl groups is 1. The molecule has 6 aliphatic rings. The molecule has 348 valence electrons. The first-order valence-corrected chi connectivity index (χ1v) is 23.6. The molecule has 10 rings (SSSR count). The van der Waals surface area contributed by atoms with E-state index in [0.717, 1.165) is 72.4 Å². The first-order chi connectivity index (χ1) is 31.8. The van der Waals surface area contributed by atoms with Crippen LogP contribution in [0.15, 0.2) is 84.5 Å². The third-order valence-electron chi connectivity index (χ3n) is 16.5. The molecule has 2 bridgehead atoms. The number of nitrogens with one attached hydrogen (secondary N) is 2. The zero-order chi connectivity index (χ0) is 46.3. The van der Waals surface area contributed by atoms with E-state index < -0.39 is 45.9 Å². The number of H-pyrrole nitrogens is 1. The lowest BCUT2D eigenvalue weighted by molar-refractivity contribution is -0.216. The molecule has 6 heterocycles. The number of methoxy groups -OCH3 is 3. The van der Waals surface area contributed by atoms with Gasteiger partial charge in [-0.2, -0.15) is 0 Å². The Hall–Kier alpha value is -5.63. The molecule has 1 amide bonds. The van der Waals surface area contributed by atoms with Gasteiger partial charge in [0.05, 0.1) is 39.5 Å². The van der Waals surface area contributed by atoms with Gasteiger partial charge < -0.3 is 39.3 Å². The number of hydrogen-bond donors (Lipinski definition) is 3.